The molecule has 10 nitrogen and oxygen atoms in total. The summed E-state index contributed by atoms with van der Waals surface area (Å²) in [6, 6.07) is 0. The highest BCUT2D eigenvalue weighted by Crippen LogP contribution is 2.20. The van der Waals surface area contributed by atoms with Crippen LogP contribution in [0.25, 0.3) is 0 Å². The molecule has 0 aliphatic rings. The van der Waals surface area contributed by atoms with Crippen molar-refractivity contribution in [2.24, 2.45) is 0 Å². The fourth-order valence-corrected chi connectivity index (χ4v) is 7.03. The van der Waals surface area contributed by atoms with Gasteiger partial charge in [-0.05, 0) is 39.5 Å². The van der Waals surface area contributed by atoms with E-state index >= 15 is 0 Å². The molecule has 0 aliphatic carbocycles. The van der Waals surface area contributed by atoms with Gasteiger partial charge in [-0.1, -0.05) is 65.2 Å². The van der Waals surface area contributed by atoms with Crippen LogP contribution in [0.4, 0.5) is 0 Å². The first kappa shape index (κ1) is 39.7. The van der Waals surface area contributed by atoms with Gasteiger partial charge in [-0.3, -0.25) is 9.11 Å². The number of aliphatic hydroxyl groups is 2. The summed E-state index contributed by atoms with van der Waals surface area (Å²) in [7, 11) is -8.64. The van der Waals surface area contributed by atoms with Crippen molar-refractivity contribution in [3.63, 3.8) is 0 Å². The second-order valence-corrected chi connectivity index (χ2v) is 14.9. The van der Waals surface area contributed by atoms with E-state index in [9.17, 15) is 36.2 Å². The number of quaternary nitrogens is 2. The lowest BCUT2D eigenvalue weighted by Crippen LogP contribution is -2.62. The van der Waals surface area contributed by atoms with Crippen molar-refractivity contribution in [2.45, 2.75) is 117 Å². The molecule has 0 aromatic carbocycles. The first-order chi connectivity index (χ1) is 18.7. The van der Waals surface area contributed by atoms with Crippen LogP contribution in [-0.2, 0) is 20.2 Å². The summed E-state index contributed by atoms with van der Waals surface area (Å²) < 4.78 is 65.5. The van der Waals surface area contributed by atoms with Crippen LogP contribution in [0.1, 0.15) is 105 Å². The summed E-state index contributed by atoms with van der Waals surface area (Å²) in [5, 5.41) is 21.3. The largest absolute Gasteiger partial charge is 0.386 e. The molecule has 0 fully saturated rings. The first-order valence-electron chi connectivity index (χ1n) is 15.6. The van der Waals surface area contributed by atoms with Crippen molar-refractivity contribution in [2.75, 3.05) is 63.9 Å². The predicted octanol–water partition coefficient (Wildman–Crippen LogP) is 3.88. The third kappa shape index (κ3) is 19.7. The molecule has 40 heavy (non-hydrogen) atoms. The van der Waals surface area contributed by atoms with E-state index in [0.717, 1.165) is 64.5 Å². The number of hydrogen-bond donors (Lipinski definition) is 4. The van der Waals surface area contributed by atoms with Gasteiger partial charge in [-0.2, -0.15) is 16.8 Å². The summed E-state index contributed by atoms with van der Waals surface area (Å²) >= 11 is 0. The van der Waals surface area contributed by atoms with E-state index in [1.807, 2.05) is 13.8 Å². The molecule has 0 aromatic heterocycles. The normalized spacial score (nSPS) is 17.3. The number of nitrogens with zero attached hydrogens (tertiary/aromatic N) is 2. The maximum Gasteiger partial charge on any atom is 0.267 e. The monoisotopic (exact) mass is 618 g/mol. The van der Waals surface area contributed by atoms with Crippen LogP contribution in [0, 0.1) is 0 Å². The summed E-state index contributed by atoms with van der Waals surface area (Å²) in [5.41, 5.74) is 0. The Morgan fingerprint density at radius 2 is 0.800 bits per heavy atom. The molecule has 0 amide bonds. The Bertz CT molecular complexity index is 786. The molecule has 4 N–H and O–H groups in total. The van der Waals surface area contributed by atoms with Crippen molar-refractivity contribution in [3.05, 3.63) is 0 Å². The third-order valence-corrected chi connectivity index (χ3v) is 9.98. The van der Waals surface area contributed by atoms with E-state index in [4.69, 9.17) is 0 Å². The fourth-order valence-electron chi connectivity index (χ4n) is 5.84. The minimum absolute atomic E-state index is 0.194. The Morgan fingerprint density at radius 1 is 0.500 bits per heavy atom. The zero-order chi connectivity index (χ0) is 30.7. The zero-order valence-electron chi connectivity index (χ0n) is 25.8. The lowest BCUT2D eigenvalue weighted by molar-refractivity contribution is -0.982. The number of unbranched alkanes of at least 4 members (excludes halogenated alkanes) is 10. The molecule has 0 aliphatic heterocycles. The van der Waals surface area contributed by atoms with Gasteiger partial charge in [-0.25, -0.2) is 0 Å². The van der Waals surface area contributed by atoms with Gasteiger partial charge >= 0.3 is 0 Å². The molecular weight excluding hydrogens is 556 g/mol. The topological polar surface area (TPSA) is 149 Å². The van der Waals surface area contributed by atoms with Gasteiger partial charge in [0, 0.05) is 0 Å². The summed E-state index contributed by atoms with van der Waals surface area (Å²) in [6.07, 6.45) is 10.9. The van der Waals surface area contributed by atoms with Gasteiger partial charge in [0.15, 0.2) is 0 Å². The molecule has 0 rings (SSSR count). The van der Waals surface area contributed by atoms with Crippen LogP contribution in [0.2, 0.25) is 0 Å². The number of aliphatic hydroxyl groups excluding tert-OH is 2. The molecule has 0 heterocycles. The molecule has 242 valence electrons. The Labute approximate surface area is 245 Å². The van der Waals surface area contributed by atoms with Gasteiger partial charge < -0.3 is 19.2 Å². The Balaban J connectivity index is 5.81. The maximum atomic E-state index is 11.5. The summed E-state index contributed by atoms with van der Waals surface area (Å²) in [4.78, 5) is 0. The van der Waals surface area contributed by atoms with Gasteiger partial charge in [-0.15, -0.1) is 0 Å². The minimum Gasteiger partial charge on any atom is -0.386 e. The van der Waals surface area contributed by atoms with E-state index in [1.54, 1.807) is 0 Å². The first-order valence-corrected chi connectivity index (χ1v) is 18.8. The van der Waals surface area contributed by atoms with Crippen LogP contribution < -0.4 is 0 Å². The molecule has 4 atom stereocenters. The van der Waals surface area contributed by atoms with Crippen molar-refractivity contribution in [3.8, 4) is 0 Å². The van der Waals surface area contributed by atoms with E-state index in [2.05, 4.69) is 13.8 Å². The smallest absolute Gasteiger partial charge is 0.267 e. The highest BCUT2D eigenvalue weighted by molar-refractivity contribution is 7.86. The highest BCUT2D eigenvalue weighted by Gasteiger charge is 2.37. The minimum atomic E-state index is -4.32. The lowest BCUT2D eigenvalue weighted by atomic mass is 10.1. The van der Waals surface area contributed by atoms with Crippen LogP contribution in [0.15, 0.2) is 0 Å². The van der Waals surface area contributed by atoms with Gasteiger partial charge in [0.05, 0.1) is 26.2 Å². The van der Waals surface area contributed by atoms with E-state index in [-0.39, 0.29) is 13.1 Å². The molecule has 0 saturated carbocycles. The number of hydrogen-bond acceptors (Lipinski definition) is 6. The second-order valence-electron chi connectivity index (χ2n) is 11.9. The van der Waals surface area contributed by atoms with E-state index < -0.39 is 43.9 Å². The number of likely N-dealkylation sites (N-methyl/N-ethyl adjacent to an activating group) is 2. The molecular formula is C28H62N2O8S2+2. The zero-order valence-corrected chi connectivity index (χ0v) is 27.5. The maximum absolute atomic E-state index is 11.5. The van der Waals surface area contributed by atoms with Crippen molar-refractivity contribution >= 4 is 20.2 Å². The van der Waals surface area contributed by atoms with Crippen molar-refractivity contribution in [1.29, 1.82) is 0 Å². The van der Waals surface area contributed by atoms with Crippen LogP contribution in [0.5, 0.6) is 0 Å². The Morgan fingerprint density at radius 3 is 1.07 bits per heavy atom. The molecule has 0 spiro atoms. The SMILES string of the molecule is CCCCCCCC[N+](CC)(CC[N+](CC)(CCCCCCCC)CC(O)CS(=O)(=O)O)CC(O)CS(=O)(=O)O. The molecule has 4 unspecified atom stereocenters. The average Bonchev–Trinajstić information content (AvgIpc) is 2.84. The van der Waals surface area contributed by atoms with Crippen LogP contribution >= 0.6 is 0 Å². The van der Waals surface area contributed by atoms with Gasteiger partial charge in [0.1, 0.15) is 49.9 Å². The van der Waals surface area contributed by atoms with E-state index in [0.29, 0.717) is 35.1 Å². The molecule has 0 radical (unpaired) electrons. The summed E-state index contributed by atoms with van der Waals surface area (Å²) in [6.45, 7) is 12.9. The van der Waals surface area contributed by atoms with Crippen molar-refractivity contribution in [1.82, 2.24) is 0 Å². The summed E-state index contributed by atoms with van der Waals surface area (Å²) in [5.74, 6) is -1.41. The number of rotatable bonds is 27. The molecule has 0 bridgehead atoms. The predicted molar refractivity (Wildman–Crippen MR) is 162 cm³/mol. The third-order valence-electron chi connectivity index (χ3n) is 8.36. The molecule has 12 heteroatoms. The lowest BCUT2D eigenvalue weighted by Gasteiger charge is -2.45. The second kappa shape index (κ2) is 20.5. The molecule has 0 aromatic rings. The molecule has 0 saturated heterocycles. The fraction of sp³-hybridized carbons (Fsp3) is 1.00. The average molecular weight is 619 g/mol. The van der Waals surface area contributed by atoms with Crippen LogP contribution in [0.3, 0.4) is 0 Å². The van der Waals surface area contributed by atoms with E-state index in [1.165, 1.54) is 25.7 Å². The van der Waals surface area contributed by atoms with Crippen LogP contribution in [-0.4, -0.2) is 121 Å². The standard InChI is InChI=1S/C28H60N2O8S2/c1-5-9-11-13-15-17-19-29(7-3,23-27(31)25-39(33,34)35)21-22-30(8-4,20-18-16-14-12-10-6-2)24-28(32)26-40(36,37)38/h27-28,31-32H,5-26H2,1-4H3/p+2. The van der Waals surface area contributed by atoms with Gasteiger partial charge in [0.2, 0.25) is 0 Å². The van der Waals surface area contributed by atoms with Gasteiger partial charge in [0.25, 0.3) is 20.2 Å². The quantitative estimate of drug-likeness (QED) is 0.0616. The van der Waals surface area contributed by atoms with Crippen molar-refractivity contribution < 1.29 is 45.1 Å². The highest BCUT2D eigenvalue weighted by atomic mass is 32.2. The Hall–Kier alpha value is -0.340. The Kier molecular flexibility index (Phi) is 20.4.